The quantitative estimate of drug-likeness (QED) is 0.781. The van der Waals surface area contributed by atoms with Gasteiger partial charge in [-0.15, -0.1) is 0 Å². The maximum atomic E-state index is 12.4. The summed E-state index contributed by atoms with van der Waals surface area (Å²) >= 11 is 0. The van der Waals surface area contributed by atoms with Crippen LogP contribution in [-0.2, 0) is 0 Å². The zero-order valence-electron chi connectivity index (χ0n) is 10.4. The number of hydrogen-bond acceptors (Lipinski definition) is 4. The minimum absolute atomic E-state index is 0.00435. The molecule has 5 heteroatoms. The summed E-state index contributed by atoms with van der Waals surface area (Å²) in [6, 6.07) is 5.06. The number of benzene rings is 1. The molecule has 1 amide bonds. The van der Waals surface area contributed by atoms with Gasteiger partial charge >= 0.3 is 0 Å². The van der Waals surface area contributed by atoms with Crippen LogP contribution in [0.4, 0.5) is 5.69 Å². The summed E-state index contributed by atoms with van der Waals surface area (Å²) < 4.78 is 5.11. The van der Waals surface area contributed by atoms with E-state index < -0.39 is 0 Å². The van der Waals surface area contributed by atoms with Gasteiger partial charge in [-0.2, -0.15) is 0 Å². The summed E-state index contributed by atoms with van der Waals surface area (Å²) in [6.07, 6.45) is 1.76. The van der Waals surface area contributed by atoms with Gasteiger partial charge in [-0.05, 0) is 25.0 Å². The SMILES string of the molecule is COc1cccc(C(=O)N2CCC[C@H]2CO)c1N. The van der Waals surface area contributed by atoms with E-state index in [1.165, 1.54) is 7.11 Å². The third kappa shape index (κ3) is 2.13. The van der Waals surface area contributed by atoms with Crippen LogP contribution in [-0.4, -0.2) is 42.2 Å². The molecule has 5 nitrogen and oxygen atoms in total. The molecular weight excluding hydrogens is 232 g/mol. The average Bonchev–Trinajstić information content (AvgIpc) is 2.86. The van der Waals surface area contributed by atoms with Crippen molar-refractivity contribution in [2.75, 3.05) is 26.0 Å². The average molecular weight is 250 g/mol. The largest absolute Gasteiger partial charge is 0.495 e. The Bertz CT molecular complexity index is 448. The highest BCUT2D eigenvalue weighted by Gasteiger charge is 2.30. The second kappa shape index (κ2) is 5.27. The minimum Gasteiger partial charge on any atom is -0.495 e. The lowest BCUT2D eigenvalue weighted by atomic mass is 10.1. The van der Waals surface area contributed by atoms with Gasteiger partial charge in [0.15, 0.2) is 0 Å². The van der Waals surface area contributed by atoms with Crippen molar-refractivity contribution >= 4 is 11.6 Å². The number of carbonyl (C=O) groups excluding carboxylic acids is 1. The lowest BCUT2D eigenvalue weighted by Crippen LogP contribution is -2.37. The third-order valence-corrected chi connectivity index (χ3v) is 3.37. The molecule has 0 unspecified atom stereocenters. The number of amides is 1. The van der Waals surface area contributed by atoms with E-state index in [-0.39, 0.29) is 18.6 Å². The first kappa shape index (κ1) is 12.7. The van der Waals surface area contributed by atoms with Crippen molar-refractivity contribution < 1.29 is 14.6 Å². The summed E-state index contributed by atoms with van der Waals surface area (Å²) in [4.78, 5) is 14.1. The molecule has 1 aliphatic heterocycles. The topological polar surface area (TPSA) is 75.8 Å². The Hall–Kier alpha value is -1.75. The van der Waals surface area contributed by atoms with E-state index in [1.54, 1.807) is 23.1 Å². The summed E-state index contributed by atoms with van der Waals surface area (Å²) in [5.41, 5.74) is 6.71. The van der Waals surface area contributed by atoms with Gasteiger partial charge in [0, 0.05) is 6.54 Å². The fourth-order valence-electron chi connectivity index (χ4n) is 2.36. The van der Waals surface area contributed by atoms with Gasteiger partial charge < -0.3 is 20.5 Å². The number of rotatable bonds is 3. The first-order valence-corrected chi connectivity index (χ1v) is 6.03. The van der Waals surface area contributed by atoms with Crippen LogP contribution in [0.2, 0.25) is 0 Å². The first-order chi connectivity index (χ1) is 8.69. The number of methoxy groups -OCH3 is 1. The number of anilines is 1. The smallest absolute Gasteiger partial charge is 0.256 e. The predicted octanol–water partition coefficient (Wildman–Crippen LogP) is 0.874. The monoisotopic (exact) mass is 250 g/mol. The van der Waals surface area contributed by atoms with Crippen LogP contribution in [0.3, 0.4) is 0 Å². The highest BCUT2D eigenvalue weighted by atomic mass is 16.5. The fraction of sp³-hybridized carbons (Fsp3) is 0.462. The molecule has 1 aromatic carbocycles. The molecule has 3 N–H and O–H groups in total. The Morgan fingerprint density at radius 2 is 2.39 bits per heavy atom. The minimum atomic E-state index is -0.136. The lowest BCUT2D eigenvalue weighted by molar-refractivity contribution is 0.0678. The van der Waals surface area contributed by atoms with E-state index >= 15 is 0 Å². The van der Waals surface area contributed by atoms with Gasteiger partial charge in [0.1, 0.15) is 5.75 Å². The number of ether oxygens (including phenoxy) is 1. The number of nitrogens with two attached hydrogens (primary N) is 1. The molecule has 18 heavy (non-hydrogen) atoms. The molecule has 1 fully saturated rings. The number of para-hydroxylation sites is 1. The van der Waals surface area contributed by atoms with E-state index in [0.717, 1.165) is 12.8 Å². The summed E-state index contributed by atoms with van der Waals surface area (Å²) in [5.74, 6) is 0.364. The molecule has 1 heterocycles. The van der Waals surface area contributed by atoms with Crippen molar-refractivity contribution in [1.82, 2.24) is 4.90 Å². The number of hydrogen-bond donors (Lipinski definition) is 2. The third-order valence-electron chi connectivity index (χ3n) is 3.37. The fourth-order valence-corrected chi connectivity index (χ4v) is 2.36. The summed E-state index contributed by atoms with van der Waals surface area (Å²) in [7, 11) is 1.52. The van der Waals surface area contributed by atoms with E-state index in [0.29, 0.717) is 23.5 Å². The molecule has 0 radical (unpaired) electrons. The second-order valence-corrected chi connectivity index (χ2v) is 4.40. The number of aliphatic hydroxyl groups excluding tert-OH is 1. The van der Waals surface area contributed by atoms with Crippen molar-refractivity contribution in [1.29, 1.82) is 0 Å². The second-order valence-electron chi connectivity index (χ2n) is 4.40. The number of nitrogen functional groups attached to an aromatic ring is 1. The van der Waals surface area contributed by atoms with Crippen molar-refractivity contribution in [3.8, 4) is 5.75 Å². The molecule has 0 bridgehead atoms. The van der Waals surface area contributed by atoms with Gasteiger partial charge in [-0.1, -0.05) is 6.07 Å². The van der Waals surface area contributed by atoms with Gasteiger partial charge in [-0.3, -0.25) is 4.79 Å². The molecule has 0 saturated carbocycles. The molecule has 2 rings (SSSR count). The van der Waals surface area contributed by atoms with Gasteiger partial charge in [0.05, 0.1) is 31.0 Å². The molecule has 1 aliphatic rings. The lowest BCUT2D eigenvalue weighted by Gasteiger charge is -2.24. The molecule has 1 saturated heterocycles. The summed E-state index contributed by atoms with van der Waals surface area (Å²) in [5, 5.41) is 9.25. The van der Waals surface area contributed by atoms with Crippen LogP contribution in [0.5, 0.6) is 5.75 Å². The van der Waals surface area contributed by atoms with E-state index in [2.05, 4.69) is 0 Å². The van der Waals surface area contributed by atoms with Crippen LogP contribution in [0.15, 0.2) is 18.2 Å². The molecular formula is C13H18N2O3. The first-order valence-electron chi connectivity index (χ1n) is 6.03. The Labute approximate surface area is 106 Å². The number of likely N-dealkylation sites (tertiary alicyclic amines) is 1. The van der Waals surface area contributed by atoms with Gasteiger partial charge in [-0.25, -0.2) is 0 Å². The number of nitrogens with zero attached hydrogens (tertiary/aromatic N) is 1. The Morgan fingerprint density at radius 3 is 3.06 bits per heavy atom. The molecule has 0 aliphatic carbocycles. The zero-order chi connectivity index (χ0) is 13.1. The molecule has 1 atom stereocenters. The highest BCUT2D eigenvalue weighted by Crippen LogP contribution is 2.28. The molecule has 98 valence electrons. The maximum Gasteiger partial charge on any atom is 0.256 e. The van der Waals surface area contributed by atoms with Gasteiger partial charge in [0.25, 0.3) is 5.91 Å². The zero-order valence-corrected chi connectivity index (χ0v) is 10.4. The van der Waals surface area contributed by atoms with E-state index in [1.807, 2.05) is 0 Å². The van der Waals surface area contributed by atoms with Crippen LogP contribution < -0.4 is 10.5 Å². The van der Waals surface area contributed by atoms with Crippen LogP contribution in [0.25, 0.3) is 0 Å². The standard InChI is InChI=1S/C13H18N2O3/c1-18-11-6-2-5-10(12(11)14)13(17)15-7-3-4-9(15)8-16/h2,5-6,9,16H,3-4,7-8,14H2,1H3/t9-/m0/s1. The van der Waals surface area contributed by atoms with E-state index in [4.69, 9.17) is 10.5 Å². The number of aliphatic hydroxyl groups is 1. The van der Waals surface area contributed by atoms with Crippen LogP contribution in [0.1, 0.15) is 23.2 Å². The maximum absolute atomic E-state index is 12.4. The van der Waals surface area contributed by atoms with Crippen LogP contribution in [0, 0.1) is 0 Å². The van der Waals surface area contributed by atoms with Crippen molar-refractivity contribution in [2.45, 2.75) is 18.9 Å². The van der Waals surface area contributed by atoms with E-state index in [9.17, 15) is 9.90 Å². The van der Waals surface area contributed by atoms with Crippen molar-refractivity contribution in [3.05, 3.63) is 23.8 Å². The Morgan fingerprint density at radius 1 is 1.61 bits per heavy atom. The van der Waals surface area contributed by atoms with Crippen molar-refractivity contribution in [2.24, 2.45) is 0 Å². The van der Waals surface area contributed by atoms with Crippen LogP contribution >= 0.6 is 0 Å². The molecule has 0 spiro atoms. The number of carbonyl (C=O) groups is 1. The molecule has 1 aromatic rings. The Kier molecular flexibility index (Phi) is 3.72. The van der Waals surface area contributed by atoms with Crippen molar-refractivity contribution in [3.63, 3.8) is 0 Å². The predicted molar refractivity (Wildman–Crippen MR) is 68.6 cm³/mol. The van der Waals surface area contributed by atoms with Gasteiger partial charge in [0.2, 0.25) is 0 Å². The summed E-state index contributed by atoms with van der Waals surface area (Å²) in [6.45, 7) is 0.663. The normalized spacial score (nSPS) is 19.0. The molecule has 0 aromatic heterocycles. The Balaban J connectivity index is 2.28. The highest BCUT2D eigenvalue weighted by molar-refractivity contribution is 6.00.